The van der Waals surface area contributed by atoms with Crippen LogP contribution < -0.4 is 4.90 Å². The van der Waals surface area contributed by atoms with E-state index in [0.717, 1.165) is 0 Å². The number of anilines is 1. The Morgan fingerprint density at radius 1 is 1.50 bits per heavy atom. The van der Waals surface area contributed by atoms with E-state index in [4.69, 9.17) is 0 Å². The SMILES string of the molecule is C=CCN1C(=O)C(O)(CC(C)O)c2ccccc21. The smallest absolute Gasteiger partial charge is 0.264 e. The zero-order valence-electron chi connectivity index (χ0n) is 10.3. The number of nitrogens with zero attached hydrogens (tertiary/aromatic N) is 1. The quantitative estimate of drug-likeness (QED) is 0.785. The summed E-state index contributed by atoms with van der Waals surface area (Å²) in [5.41, 5.74) is -0.392. The lowest BCUT2D eigenvalue weighted by Gasteiger charge is -2.23. The monoisotopic (exact) mass is 247 g/mol. The average molecular weight is 247 g/mol. The number of aliphatic hydroxyl groups is 2. The van der Waals surface area contributed by atoms with Crippen molar-refractivity contribution in [3.05, 3.63) is 42.5 Å². The molecule has 0 aliphatic carbocycles. The number of carbonyl (C=O) groups excluding carboxylic acids is 1. The molecule has 0 fully saturated rings. The highest BCUT2D eigenvalue weighted by atomic mass is 16.3. The molecule has 2 rings (SSSR count). The van der Waals surface area contributed by atoms with Gasteiger partial charge in [-0.3, -0.25) is 4.79 Å². The predicted octanol–water partition coefficient (Wildman–Crippen LogP) is 1.18. The standard InChI is InChI=1S/C14H17NO3/c1-3-8-15-12-7-5-4-6-11(12)14(18,13(15)17)9-10(2)16/h3-7,10,16,18H,1,8-9H2,2H3. The minimum atomic E-state index is -1.63. The third kappa shape index (κ3) is 1.83. The molecular weight excluding hydrogens is 230 g/mol. The number of aliphatic hydroxyl groups excluding tert-OH is 1. The fraction of sp³-hybridized carbons (Fsp3) is 0.357. The van der Waals surface area contributed by atoms with Crippen LogP contribution in [-0.4, -0.2) is 28.8 Å². The van der Waals surface area contributed by atoms with Gasteiger partial charge in [0.2, 0.25) is 0 Å². The Labute approximate surface area is 106 Å². The van der Waals surface area contributed by atoms with Crippen molar-refractivity contribution in [2.24, 2.45) is 0 Å². The van der Waals surface area contributed by atoms with Gasteiger partial charge in [0, 0.05) is 18.5 Å². The maximum atomic E-state index is 12.3. The van der Waals surface area contributed by atoms with Crippen molar-refractivity contribution in [2.45, 2.75) is 25.0 Å². The second-order valence-corrected chi connectivity index (χ2v) is 4.64. The van der Waals surface area contributed by atoms with E-state index >= 15 is 0 Å². The van der Waals surface area contributed by atoms with Gasteiger partial charge in [0.1, 0.15) is 0 Å². The Morgan fingerprint density at radius 3 is 2.78 bits per heavy atom. The lowest BCUT2D eigenvalue weighted by atomic mass is 9.90. The van der Waals surface area contributed by atoms with Crippen LogP contribution in [0.15, 0.2) is 36.9 Å². The number of carbonyl (C=O) groups is 1. The number of hydrogen-bond acceptors (Lipinski definition) is 3. The molecule has 4 nitrogen and oxygen atoms in total. The van der Waals surface area contributed by atoms with E-state index in [1.807, 2.05) is 6.07 Å². The van der Waals surface area contributed by atoms with E-state index < -0.39 is 17.6 Å². The summed E-state index contributed by atoms with van der Waals surface area (Å²) >= 11 is 0. The van der Waals surface area contributed by atoms with E-state index in [0.29, 0.717) is 17.8 Å². The van der Waals surface area contributed by atoms with Crippen LogP contribution in [0.1, 0.15) is 18.9 Å². The number of benzene rings is 1. The average Bonchev–Trinajstić information content (AvgIpc) is 2.52. The molecular formula is C14H17NO3. The Kier molecular flexibility index (Phi) is 3.24. The van der Waals surface area contributed by atoms with Crippen molar-refractivity contribution in [3.63, 3.8) is 0 Å². The van der Waals surface area contributed by atoms with Crippen LogP contribution in [-0.2, 0) is 10.4 Å². The first kappa shape index (κ1) is 12.8. The van der Waals surface area contributed by atoms with Crippen LogP contribution in [0.2, 0.25) is 0 Å². The molecule has 0 radical (unpaired) electrons. The highest BCUT2D eigenvalue weighted by Gasteiger charge is 2.49. The number of hydrogen-bond donors (Lipinski definition) is 2. The Morgan fingerprint density at radius 2 is 2.17 bits per heavy atom. The molecule has 2 N–H and O–H groups in total. The second kappa shape index (κ2) is 4.55. The van der Waals surface area contributed by atoms with Crippen LogP contribution in [0.4, 0.5) is 5.69 Å². The summed E-state index contributed by atoms with van der Waals surface area (Å²) in [7, 11) is 0. The van der Waals surface area contributed by atoms with Gasteiger partial charge in [-0.25, -0.2) is 0 Å². The van der Waals surface area contributed by atoms with Crippen LogP contribution in [0, 0.1) is 0 Å². The molecule has 2 unspecified atom stereocenters. The normalized spacial score (nSPS) is 23.9. The van der Waals surface area contributed by atoms with Gasteiger partial charge in [0.15, 0.2) is 5.60 Å². The summed E-state index contributed by atoms with van der Waals surface area (Å²) in [6, 6.07) is 7.10. The van der Waals surface area contributed by atoms with E-state index in [1.165, 1.54) is 4.90 Å². The molecule has 1 aromatic rings. The summed E-state index contributed by atoms with van der Waals surface area (Å²) in [5.74, 6) is -0.399. The molecule has 1 aliphatic rings. The lowest BCUT2D eigenvalue weighted by Crippen LogP contribution is -2.42. The molecule has 0 saturated heterocycles. The largest absolute Gasteiger partial charge is 0.393 e. The zero-order valence-corrected chi connectivity index (χ0v) is 10.3. The molecule has 96 valence electrons. The number of rotatable bonds is 4. The minimum Gasteiger partial charge on any atom is -0.393 e. The Hall–Kier alpha value is -1.65. The Bertz CT molecular complexity index is 484. The van der Waals surface area contributed by atoms with Gasteiger partial charge in [0.05, 0.1) is 11.8 Å². The number of fused-ring (bicyclic) bond motifs is 1. The topological polar surface area (TPSA) is 60.8 Å². The highest BCUT2D eigenvalue weighted by molar-refractivity contribution is 6.07. The van der Waals surface area contributed by atoms with Crippen molar-refractivity contribution in [1.82, 2.24) is 0 Å². The van der Waals surface area contributed by atoms with E-state index in [9.17, 15) is 15.0 Å². The predicted molar refractivity (Wildman–Crippen MR) is 69.2 cm³/mol. The zero-order chi connectivity index (χ0) is 13.3. The fourth-order valence-corrected chi connectivity index (χ4v) is 2.44. The summed E-state index contributed by atoms with van der Waals surface area (Å²) in [5, 5.41) is 20.1. The molecule has 0 aromatic heterocycles. The van der Waals surface area contributed by atoms with Gasteiger partial charge in [-0.05, 0) is 13.0 Å². The van der Waals surface area contributed by atoms with Crippen molar-refractivity contribution in [3.8, 4) is 0 Å². The third-order valence-electron chi connectivity index (χ3n) is 3.14. The highest BCUT2D eigenvalue weighted by Crippen LogP contribution is 2.42. The van der Waals surface area contributed by atoms with Crippen molar-refractivity contribution in [2.75, 3.05) is 11.4 Å². The van der Waals surface area contributed by atoms with Crippen LogP contribution in [0.3, 0.4) is 0 Å². The summed E-state index contributed by atoms with van der Waals surface area (Å²) in [4.78, 5) is 13.8. The van der Waals surface area contributed by atoms with Crippen LogP contribution in [0.5, 0.6) is 0 Å². The molecule has 1 aromatic carbocycles. The Balaban J connectivity index is 2.50. The molecule has 18 heavy (non-hydrogen) atoms. The molecule has 0 saturated carbocycles. The van der Waals surface area contributed by atoms with Crippen LogP contribution >= 0.6 is 0 Å². The first-order valence-corrected chi connectivity index (χ1v) is 5.93. The molecule has 1 aliphatic heterocycles. The van der Waals surface area contributed by atoms with E-state index in [1.54, 1.807) is 31.2 Å². The summed E-state index contributed by atoms with van der Waals surface area (Å²) in [6.45, 7) is 5.52. The van der Waals surface area contributed by atoms with Gasteiger partial charge in [0.25, 0.3) is 5.91 Å². The molecule has 0 spiro atoms. The minimum absolute atomic E-state index is 0.00348. The van der Waals surface area contributed by atoms with Gasteiger partial charge >= 0.3 is 0 Å². The summed E-state index contributed by atoms with van der Waals surface area (Å²) < 4.78 is 0. The van der Waals surface area contributed by atoms with Crippen molar-refractivity contribution in [1.29, 1.82) is 0 Å². The molecule has 0 bridgehead atoms. The molecule has 4 heteroatoms. The molecule has 2 atom stereocenters. The first-order chi connectivity index (χ1) is 8.50. The first-order valence-electron chi connectivity index (χ1n) is 5.93. The van der Waals surface area contributed by atoms with Gasteiger partial charge in [-0.1, -0.05) is 24.3 Å². The van der Waals surface area contributed by atoms with Gasteiger partial charge < -0.3 is 15.1 Å². The van der Waals surface area contributed by atoms with Gasteiger partial charge in [-0.15, -0.1) is 6.58 Å². The van der Waals surface area contributed by atoms with Crippen molar-refractivity contribution < 1.29 is 15.0 Å². The van der Waals surface area contributed by atoms with Crippen LogP contribution in [0.25, 0.3) is 0 Å². The van der Waals surface area contributed by atoms with E-state index in [-0.39, 0.29) is 6.42 Å². The fourth-order valence-electron chi connectivity index (χ4n) is 2.44. The summed E-state index contributed by atoms with van der Waals surface area (Å²) in [6.07, 6.45) is 0.856. The third-order valence-corrected chi connectivity index (χ3v) is 3.14. The van der Waals surface area contributed by atoms with Gasteiger partial charge in [-0.2, -0.15) is 0 Å². The molecule has 1 heterocycles. The number of amides is 1. The second-order valence-electron chi connectivity index (χ2n) is 4.64. The maximum absolute atomic E-state index is 12.3. The maximum Gasteiger partial charge on any atom is 0.264 e. The van der Waals surface area contributed by atoms with Crippen molar-refractivity contribution >= 4 is 11.6 Å². The molecule has 1 amide bonds. The lowest BCUT2D eigenvalue weighted by molar-refractivity contribution is -0.139. The number of para-hydroxylation sites is 1. The van der Waals surface area contributed by atoms with E-state index in [2.05, 4.69) is 6.58 Å².